The van der Waals surface area contributed by atoms with Crippen LogP contribution in [0.2, 0.25) is 0 Å². The van der Waals surface area contributed by atoms with Crippen molar-refractivity contribution < 1.29 is 9.18 Å². The van der Waals surface area contributed by atoms with E-state index in [2.05, 4.69) is 25.7 Å². The van der Waals surface area contributed by atoms with Crippen LogP contribution < -0.4 is 10.6 Å². The van der Waals surface area contributed by atoms with Gasteiger partial charge in [0.1, 0.15) is 11.6 Å². The third-order valence-corrected chi connectivity index (χ3v) is 3.38. The van der Waals surface area contributed by atoms with E-state index in [1.54, 1.807) is 30.3 Å². The van der Waals surface area contributed by atoms with Crippen LogP contribution in [0.4, 0.5) is 10.2 Å². The first-order valence-electron chi connectivity index (χ1n) is 7.80. The maximum Gasteiger partial charge on any atom is 0.272 e. The number of halogens is 1. The first-order valence-corrected chi connectivity index (χ1v) is 7.80. The highest BCUT2D eigenvalue weighted by Crippen LogP contribution is 2.06. The van der Waals surface area contributed by atoms with Gasteiger partial charge in [0.05, 0.1) is 0 Å². The summed E-state index contributed by atoms with van der Waals surface area (Å²) in [5.74, 6) is -0.106. The molecule has 0 fully saturated rings. The lowest BCUT2D eigenvalue weighted by Gasteiger charge is -2.10. The molecule has 7 heteroatoms. The van der Waals surface area contributed by atoms with E-state index in [-0.39, 0.29) is 24.0 Å². The standard InChI is InChI=1S/C17H22FN5O/c1-23(2)11-5-10-19-16-9-8-15(21-22-16)17(24)20-12-13-6-3-4-7-14(13)18/h3-4,6-9H,5,10-12H2,1-2H3,(H,19,22)(H,20,24). The van der Waals surface area contributed by atoms with Crippen molar-refractivity contribution in [2.45, 2.75) is 13.0 Å². The van der Waals surface area contributed by atoms with Gasteiger partial charge in [-0.15, -0.1) is 10.2 Å². The number of hydrogen-bond donors (Lipinski definition) is 2. The summed E-state index contributed by atoms with van der Waals surface area (Å²) in [5.41, 5.74) is 0.628. The molecular weight excluding hydrogens is 309 g/mol. The molecular formula is C17H22FN5O. The minimum absolute atomic E-state index is 0.109. The number of hydrogen-bond acceptors (Lipinski definition) is 5. The Balaban J connectivity index is 1.81. The van der Waals surface area contributed by atoms with E-state index in [9.17, 15) is 9.18 Å². The van der Waals surface area contributed by atoms with Crippen molar-refractivity contribution in [2.75, 3.05) is 32.5 Å². The Labute approximate surface area is 141 Å². The third-order valence-electron chi connectivity index (χ3n) is 3.38. The second-order valence-corrected chi connectivity index (χ2v) is 5.66. The Kier molecular flexibility index (Phi) is 6.62. The highest BCUT2D eigenvalue weighted by molar-refractivity contribution is 5.92. The van der Waals surface area contributed by atoms with Gasteiger partial charge in [-0.1, -0.05) is 18.2 Å². The van der Waals surface area contributed by atoms with Crippen molar-refractivity contribution >= 4 is 11.7 Å². The van der Waals surface area contributed by atoms with Gasteiger partial charge in [-0.05, 0) is 45.3 Å². The smallest absolute Gasteiger partial charge is 0.272 e. The minimum Gasteiger partial charge on any atom is -0.369 e. The van der Waals surface area contributed by atoms with Crippen molar-refractivity contribution in [1.82, 2.24) is 20.4 Å². The van der Waals surface area contributed by atoms with Crippen LogP contribution in [-0.2, 0) is 6.54 Å². The predicted molar refractivity (Wildman–Crippen MR) is 91.3 cm³/mol. The van der Waals surface area contributed by atoms with Crippen LogP contribution in [0.3, 0.4) is 0 Å². The number of carbonyl (C=O) groups excluding carboxylic acids is 1. The fourth-order valence-corrected chi connectivity index (χ4v) is 2.07. The largest absolute Gasteiger partial charge is 0.369 e. The van der Waals surface area contributed by atoms with E-state index in [4.69, 9.17) is 0 Å². The lowest BCUT2D eigenvalue weighted by Crippen LogP contribution is -2.24. The predicted octanol–water partition coefficient (Wildman–Crippen LogP) is 1.91. The maximum atomic E-state index is 13.5. The Bertz CT molecular complexity index is 660. The summed E-state index contributed by atoms with van der Waals surface area (Å²) in [6, 6.07) is 9.62. The fourth-order valence-electron chi connectivity index (χ4n) is 2.07. The second-order valence-electron chi connectivity index (χ2n) is 5.66. The van der Waals surface area contributed by atoms with Gasteiger partial charge in [-0.2, -0.15) is 0 Å². The Hall–Kier alpha value is -2.54. The first kappa shape index (κ1) is 17.8. The summed E-state index contributed by atoms with van der Waals surface area (Å²) in [6.45, 7) is 1.88. The number of benzene rings is 1. The molecule has 0 saturated heterocycles. The van der Waals surface area contributed by atoms with Gasteiger partial charge in [-0.3, -0.25) is 4.79 Å². The molecule has 2 N–H and O–H groups in total. The number of amides is 1. The van der Waals surface area contributed by atoms with Gasteiger partial charge >= 0.3 is 0 Å². The van der Waals surface area contributed by atoms with E-state index in [0.717, 1.165) is 19.5 Å². The molecule has 0 spiro atoms. The molecule has 0 radical (unpaired) electrons. The van der Waals surface area contributed by atoms with Gasteiger partial charge in [0.15, 0.2) is 5.69 Å². The normalized spacial score (nSPS) is 10.7. The van der Waals surface area contributed by atoms with E-state index in [0.29, 0.717) is 11.4 Å². The highest BCUT2D eigenvalue weighted by Gasteiger charge is 2.09. The second kappa shape index (κ2) is 8.93. The summed E-state index contributed by atoms with van der Waals surface area (Å²) in [6.07, 6.45) is 0.986. The van der Waals surface area contributed by atoms with Crippen LogP contribution in [0.1, 0.15) is 22.5 Å². The third kappa shape index (κ3) is 5.58. The number of nitrogens with zero attached hydrogens (tertiary/aromatic N) is 3. The van der Waals surface area contributed by atoms with Gasteiger partial charge in [0.2, 0.25) is 0 Å². The quantitative estimate of drug-likeness (QED) is 0.723. The van der Waals surface area contributed by atoms with E-state index in [1.165, 1.54) is 6.07 Å². The van der Waals surface area contributed by atoms with Crippen LogP contribution in [0.15, 0.2) is 36.4 Å². The lowest BCUT2D eigenvalue weighted by molar-refractivity contribution is 0.0944. The summed E-state index contributed by atoms with van der Waals surface area (Å²) >= 11 is 0. The molecule has 2 rings (SSSR count). The average Bonchev–Trinajstić information content (AvgIpc) is 2.58. The molecule has 0 aliphatic heterocycles. The number of nitrogens with one attached hydrogen (secondary N) is 2. The van der Waals surface area contributed by atoms with Crippen molar-refractivity contribution in [2.24, 2.45) is 0 Å². The van der Waals surface area contributed by atoms with Gasteiger partial charge in [-0.25, -0.2) is 4.39 Å². The number of anilines is 1. The fraction of sp³-hybridized carbons (Fsp3) is 0.353. The minimum atomic E-state index is -0.384. The van der Waals surface area contributed by atoms with Crippen molar-refractivity contribution in [3.05, 3.63) is 53.5 Å². The van der Waals surface area contributed by atoms with Gasteiger partial charge in [0, 0.05) is 18.7 Å². The molecule has 0 aliphatic rings. The van der Waals surface area contributed by atoms with Crippen LogP contribution in [0.5, 0.6) is 0 Å². The zero-order chi connectivity index (χ0) is 17.4. The Morgan fingerprint density at radius 2 is 1.96 bits per heavy atom. The summed E-state index contributed by atoms with van der Waals surface area (Å²) in [4.78, 5) is 14.1. The summed E-state index contributed by atoms with van der Waals surface area (Å²) in [7, 11) is 4.04. The molecule has 0 saturated carbocycles. The molecule has 0 unspecified atom stereocenters. The molecule has 0 bridgehead atoms. The number of aromatic nitrogens is 2. The molecule has 24 heavy (non-hydrogen) atoms. The molecule has 1 aromatic carbocycles. The van der Waals surface area contributed by atoms with Crippen molar-refractivity contribution in [1.29, 1.82) is 0 Å². The molecule has 1 aromatic heterocycles. The zero-order valence-corrected chi connectivity index (χ0v) is 13.9. The average molecular weight is 331 g/mol. The van der Waals surface area contributed by atoms with Crippen LogP contribution in [0.25, 0.3) is 0 Å². The van der Waals surface area contributed by atoms with Gasteiger partial charge in [0.25, 0.3) is 5.91 Å². The van der Waals surface area contributed by atoms with Crippen LogP contribution in [0, 0.1) is 5.82 Å². The molecule has 1 heterocycles. The molecule has 0 atom stereocenters. The highest BCUT2D eigenvalue weighted by atomic mass is 19.1. The Morgan fingerprint density at radius 3 is 2.62 bits per heavy atom. The zero-order valence-electron chi connectivity index (χ0n) is 13.9. The molecule has 6 nitrogen and oxygen atoms in total. The van der Waals surface area contributed by atoms with E-state index >= 15 is 0 Å². The van der Waals surface area contributed by atoms with Crippen molar-refractivity contribution in [3.63, 3.8) is 0 Å². The molecule has 0 aliphatic carbocycles. The summed E-state index contributed by atoms with van der Waals surface area (Å²) in [5, 5.41) is 13.7. The number of rotatable bonds is 8. The first-order chi connectivity index (χ1) is 11.6. The van der Waals surface area contributed by atoms with E-state index in [1.807, 2.05) is 14.1 Å². The monoisotopic (exact) mass is 331 g/mol. The molecule has 2 aromatic rings. The van der Waals surface area contributed by atoms with Crippen LogP contribution in [-0.4, -0.2) is 48.2 Å². The topological polar surface area (TPSA) is 70.2 Å². The lowest BCUT2D eigenvalue weighted by atomic mass is 10.2. The summed E-state index contributed by atoms with van der Waals surface area (Å²) < 4.78 is 13.5. The molecule has 1 amide bonds. The number of carbonyl (C=O) groups is 1. The Morgan fingerprint density at radius 1 is 1.17 bits per heavy atom. The van der Waals surface area contributed by atoms with E-state index < -0.39 is 0 Å². The van der Waals surface area contributed by atoms with Crippen molar-refractivity contribution in [3.8, 4) is 0 Å². The van der Waals surface area contributed by atoms with Gasteiger partial charge < -0.3 is 15.5 Å². The molecule has 128 valence electrons. The van der Waals surface area contributed by atoms with Crippen LogP contribution >= 0.6 is 0 Å². The SMILES string of the molecule is CN(C)CCCNc1ccc(C(=O)NCc2ccccc2F)nn1. The maximum absolute atomic E-state index is 13.5.